The Balaban J connectivity index is 2.25. The Bertz CT molecular complexity index is 519. The largest absolute Gasteiger partial charge is 0.496 e. The lowest BCUT2D eigenvalue weighted by atomic mass is 9.65. The number of methoxy groups -OCH3 is 1. The van der Waals surface area contributed by atoms with Crippen molar-refractivity contribution in [2.24, 2.45) is 17.3 Å². The summed E-state index contributed by atoms with van der Waals surface area (Å²) in [6.45, 7) is 6.54. The summed E-state index contributed by atoms with van der Waals surface area (Å²) < 4.78 is 5.44. The van der Waals surface area contributed by atoms with Crippen LogP contribution in [0.2, 0.25) is 0 Å². The first-order valence-electron chi connectivity index (χ1n) is 7.69. The van der Waals surface area contributed by atoms with Gasteiger partial charge in [-0.3, -0.25) is 4.79 Å². The maximum absolute atomic E-state index is 11.6. The second-order valence-electron chi connectivity index (χ2n) is 7.13. The van der Waals surface area contributed by atoms with Gasteiger partial charge in [-0.1, -0.05) is 31.5 Å². The molecule has 3 nitrogen and oxygen atoms in total. The minimum Gasteiger partial charge on any atom is -0.496 e. The number of aryl methyl sites for hydroxylation is 1. The molecule has 1 aliphatic rings. The van der Waals surface area contributed by atoms with E-state index < -0.39 is 5.97 Å². The topological polar surface area (TPSA) is 46.5 Å². The highest BCUT2D eigenvalue weighted by Gasteiger charge is 2.38. The summed E-state index contributed by atoms with van der Waals surface area (Å²) in [5.74, 6) is 0.167. The van der Waals surface area contributed by atoms with Crippen LogP contribution in [0.1, 0.15) is 44.2 Å². The highest BCUT2D eigenvalue weighted by Crippen LogP contribution is 2.44. The molecule has 0 bridgehead atoms. The molecule has 21 heavy (non-hydrogen) atoms. The molecule has 0 heterocycles. The zero-order chi connectivity index (χ0) is 15.6. The first-order chi connectivity index (χ1) is 9.82. The quantitative estimate of drug-likeness (QED) is 0.909. The Morgan fingerprint density at radius 1 is 1.43 bits per heavy atom. The fourth-order valence-corrected chi connectivity index (χ4v) is 3.62. The van der Waals surface area contributed by atoms with Crippen molar-refractivity contribution in [3.63, 3.8) is 0 Å². The number of carbonyl (C=O) groups is 1. The first kappa shape index (κ1) is 15.9. The van der Waals surface area contributed by atoms with Crippen molar-refractivity contribution in [2.45, 2.75) is 46.5 Å². The number of carboxylic acids is 1. The molecule has 1 N–H and O–H groups in total. The van der Waals surface area contributed by atoms with Crippen molar-refractivity contribution in [1.82, 2.24) is 0 Å². The van der Waals surface area contributed by atoms with Crippen LogP contribution in [-0.2, 0) is 11.2 Å². The Morgan fingerprint density at radius 2 is 2.14 bits per heavy atom. The summed E-state index contributed by atoms with van der Waals surface area (Å²) in [6.07, 6.45) is 3.51. The molecule has 0 radical (unpaired) electrons. The summed E-state index contributed by atoms with van der Waals surface area (Å²) >= 11 is 0. The number of hydrogen-bond donors (Lipinski definition) is 1. The van der Waals surface area contributed by atoms with Gasteiger partial charge in [0.05, 0.1) is 13.0 Å². The minimum atomic E-state index is -0.651. The van der Waals surface area contributed by atoms with Crippen LogP contribution in [0, 0.1) is 24.2 Å². The van der Waals surface area contributed by atoms with Gasteiger partial charge in [0.25, 0.3) is 0 Å². The van der Waals surface area contributed by atoms with Crippen LogP contribution in [0.15, 0.2) is 18.2 Å². The monoisotopic (exact) mass is 290 g/mol. The van der Waals surface area contributed by atoms with Crippen molar-refractivity contribution >= 4 is 5.97 Å². The van der Waals surface area contributed by atoms with Crippen molar-refractivity contribution in [1.29, 1.82) is 0 Å². The summed E-state index contributed by atoms with van der Waals surface area (Å²) in [4.78, 5) is 11.6. The van der Waals surface area contributed by atoms with Crippen LogP contribution in [0.3, 0.4) is 0 Å². The van der Waals surface area contributed by atoms with Gasteiger partial charge in [0, 0.05) is 0 Å². The molecular formula is C18H26O3. The summed E-state index contributed by atoms with van der Waals surface area (Å²) in [7, 11) is 1.67. The molecule has 0 amide bonds. The zero-order valence-corrected chi connectivity index (χ0v) is 13.5. The predicted octanol–water partition coefficient (Wildman–Crippen LogP) is 4.07. The Kier molecular flexibility index (Phi) is 4.60. The number of aliphatic carboxylic acids is 1. The third kappa shape index (κ3) is 3.78. The normalized spacial score (nSPS) is 24.6. The van der Waals surface area contributed by atoms with Gasteiger partial charge < -0.3 is 9.84 Å². The van der Waals surface area contributed by atoms with Gasteiger partial charge in [0.1, 0.15) is 5.75 Å². The van der Waals surface area contributed by atoms with E-state index in [1.807, 2.05) is 12.1 Å². The van der Waals surface area contributed by atoms with Gasteiger partial charge in [-0.05, 0) is 55.6 Å². The molecule has 1 aromatic carbocycles. The number of carboxylic acid groups (broad SMARTS) is 1. The highest BCUT2D eigenvalue weighted by atomic mass is 16.5. The maximum atomic E-state index is 11.6. The third-order valence-corrected chi connectivity index (χ3v) is 4.75. The zero-order valence-electron chi connectivity index (χ0n) is 13.5. The molecule has 2 atom stereocenters. The van der Waals surface area contributed by atoms with Crippen LogP contribution in [0.25, 0.3) is 0 Å². The maximum Gasteiger partial charge on any atom is 0.306 e. The summed E-state index contributed by atoms with van der Waals surface area (Å²) in [5.41, 5.74) is 2.55. The van der Waals surface area contributed by atoms with Crippen LogP contribution in [0.5, 0.6) is 5.75 Å². The molecule has 0 saturated heterocycles. The van der Waals surface area contributed by atoms with Gasteiger partial charge in [0.2, 0.25) is 0 Å². The average molecular weight is 290 g/mol. The lowest BCUT2D eigenvalue weighted by Crippen LogP contribution is -2.35. The van der Waals surface area contributed by atoms with Gasteiger partial charge in [-0.2, -0.15) is 0 Å². The van der Waals surface area contributed by atoms with Crippen molar-refractivity contribution in [2.75, 3.05) is 7.11 Å². The molecule has 0 spiro atoms. The molecule has 1 aliphatic carbocycles. The van der Waals surface area contributed by atoms with Gasteiger partial charge >= 0.3 is 5.97 Å². The number of rotatable bonds is 4. The van der Waals surface area contributed by atoms with E-state index >= 15 is 0 Å². The fourth-order valence-electron chi connectivity index (χ4n) is 3.62. The minimum absolute atomic E-state index is 0.182. The standard InChI is InChI=1S/C18H26O3/c1-12-5-6-16(21-4)13(9-12)10-14-11-18(2,3)8-7-15(14)17(19)20/h5-6,9,14-15H,7-8,10-11H2,1-4H3,(H,19,20). The van der Waals surface area contributed by atoms with Crippen LogP contribution in [-0.4, -0.2) is 18.2 Å². The SMILES string of the molecule is COc1ccc(C)cc1CC1CC(C)(C)CCC1C(=O)O. The lowest BCUT2D eigenvalue weighted by molar-refractivity contribution is -0.146. The molecule has 0 aromatic heterocycles. The molecule has 116 valence electrons. The van der Waals surface area contributed by atoms with Crippen LogP contribution in [0.4, 0.5) is 0 Å². The van der Waals surface area contributed by atoms with E-state index in [4.69, 9.17) is 4.74 Å². The van der Waals surface area contributed by atoms with Crippen molar-refractivity contribution in [3.8, 4) is 5.75 Å². The molecule has 0 aliphatic heterocycles. The Labute approximate surface area is 127 Å². The van der Waals surface area contributed by atoms with E-state index in [9.17, 15) is 9.90 Å². The average Bonchev–Trinajstić information content (AvgIpc) is 2.37. The van der Waals surface area contributed by atoms with Gasteiger partial charge in [0.15, 0.2) is 0 Å². The van der Waals surface area contributed by atoms with Crippen molar-refractivity contribution in [3.05, 3.63) is 29.3 Å². The smallest absolute Gasteiger partial charge is 0.306 e. The molecule has 1 aromatic rings. The third-order valence-electron chi connectivity index (χ3n) is 4.75. The highest BCUT2D eigenvalue weighted by molar-refractivity contribution is 5.70. The van der Waals surface area contributed by atoms with E-state index in [1.54, 1.807) is 7.11 Å². The molecule has 2 rings (SSSR count). The Hall–Kier alpha value is -1.51. The first-order valence-corrected chi connectivity index (χ1v) is 7.69. The molecule has 2 unspecified atom stereocenters. The van der Waals surface area contributed by atoms with Crippen LogP contribution >= 0.6 is 0 Å². The molecule has 3 heteroatoms. The fraction of sp³-hybridized carbons (Fsp3) is 0.611. The molecule has 1 fully saturated rings. The predicted molar refractivity (Wildman–Crippen MR) is 83.7 cm³/mol. The second kappa shape index (κ2) is 6.08. The van der Waals surface area contributed by atoms with E-state index in [0.29, 0.717) is 0 Å². The number of hydrogen-bond acceptors (Lipinski definition) is 2. The lowest BCUT2D eigenvalue weighted by Gasteiger charge is -2.39. The number of ether oxygens (including phenoxy) is 1. The second-order valence-corrected chi connectivity index (χ2v) is 7.13. The Morgan fingerprint density at radius 3 is 2.76 bits per heavy atom. The van der Waals surface area contributed by atoms with E-state index in [-0.39, 0.29) is 17.3 Å². The van der Waals surface area contributed by atoms with E-state index in [0.717, 1.165) is 37.0 Å². The molecular weight excluding hydrogens is 264 g/mol. The van der Waals surface area contributed by atoms with Crippen molar-refractivity contribution < 1.29 is 14.6 Å². The van der Waals surface area contributed by atoms with Crippen LogP contribution < -0.4 is 4.74 Å². The van der Waals surface area contributed by atoms with Gasteiger partial charge in [-0.25, -0.2) is 0 Å². The summed E-state index contributed by atoms with van der Waals surface area (Å²) in [5, 5.41) is 9.51. The molecule has 1 saturated carbocycles. The summed E-state index contributed by atoms with van der Waals surface area (Å²) in [6, 6.07) is 6.13. The van der Waals surface area contributed by atoms with E-state index in [2.05, 4.69) is 26.8 Å². The van der Waals surface area contributed by atoms with E-state index in [1.165, 1.54) is 5.56 Å². The van der Waals surface area contributed by atoms with Gasteiger partial charge in [-0.15, -0.1) is 0 Å². The number of benzene rings is 1.